The molecule has 1 aromatic rings. The molecule has 82 valence electrons. The molecular formula is C12H17FN2. The molecule has 3 heteroatoms. The van der Waals surface area contributed by atoms with Crippen LogP contribution in [0.5, 0.6) is 0 Å². The molecule has 0 fully saturated rings. The molecule has 0 aliphatic heterocycles. The van der Waals surface area contributed by atoms with Crippen molar-refractivity contribution in [3.05, 3.63) is 36.6 Å². The summed E-state index contributed by atoms with van der Waals surface area (Å²) in [7, 11) is 1.78. The molecule has 0 bridgehead atoms. The molecular weight excluding hydrogens is 191 g/mol. The van der Waals surface area contributed by atoms with Crippen LogP contribution < -0.4 is 4.90 Å². The fourth-order valence-electron chi connectivity index (χ4n) is 1.50. The molecule has 0 N–H and O–H groups in total. The first-order valence-electron chi connectivity index (χ1n) is 5.19. The van der Waals surface area contributed by atoms with Crippen LogP contribution in [0.15, 0.2) is 25.0 Å². The van der Waals surface area contributed by atoms with E-state index in [0.717, 1.165) is 24.8 Å². The van der Waals surface area contributed by atoms with Gasteiger partial charge in [0.25, 0.3) is 0 Å². The van der Waals surface area contributed by atoms with Crippen molar-refractivity contribution >= 4 is 5.69 Å². The Labute approximate surface area is 90.4 Å². The Hall–Kier alpha value is -1.38. The lowest BCUT2D eigenvalue weighted by Gasteiger charge is -2.17. The molecule has 0 saturated heterocycles. The quantitative estimate of drug-likeness (QED) is 0.691. The van der Waals surface area contributed by atoms with E-state index in [4.69, 9.17) is 0 Å². The summed E-state index contributed by atoms with van der Waals surface area (Å²) < 4.78 is 13.5. The normalized spacial score (nSPS) is 10.1. The van der Waals surface area contributed by atoms with Gasteiger partial charge in [-0.25, -0.2) is 4.98 Å². The Balaban J connectivity index is 3.02. The number of rotatable bonds is 5. The molecule has 0 atom stereocenters. The predicted molar refractivity (Wildman–Crippen MR) is 61.4 cm³/mol. The van der Waals surface area contributed by atoms with E-state index in [2.05, 4.69) is 18.5 Å². The van der Waals surface area contributed by atoms with Crippen LogP contribution in [0.1, 0.15) is 25.3 Å². The first-order chi connectivity index (χ1) is 7.20. The Bertz CT molecular complexity index is 336. The average molecular weight is 208 g/mol. The van der Waals surface area contributed by atoms with Crippen LogP contribution in [0, 0.1) is 5.95 Å². The lowest BCUT2D eigenvalue weighted by atomic mass is 10.1. The standard InChI is InChI=1S/C12H17FN2/c1-4-6-7-10-8-9-14-12(13)11(10)15(3)5-2/h5,8-9H,2,4,6-7H2,1,3H3. The fraction of sp³-hybridized carbons (Fsp3) is 0.417. The third-order valence-electron chi connectivity index (χ3n) is 2.39. The summed E-state index contributed by atoms with van der Waals surface area (Å²) in [4.78, 5) is 5.33. The van der Waals surface area contributed by atoms with Crippen LogP contribution >= 0.6 is 0 Å². The fourth-order valence-corrected chi connectivity index (χ4v) is 1.50. The van der Waals surface area contributed by atoms with Crippen molar-refractivity contribution in [1.29, 1.82) is 0 Å². The van der Waals surface area contributed by atoms with E-state index in [-0.39, 0.29) is 0 Å². The minimum atomic E-state index is -0.425. The van der Waals surface area contributed by atoms with Crippen molar-refractivity contribution < 1.29 is 4.39 Å². The second-order valence-electron chi connectivity index (χ2n) is 3.51. The van der Waals surface area contributed by atoms with E-state index >= 15 is 0 Å². The number of hydrogen-bond acceptors (Lipinski definition) is 2. The molecule has 2 nitrogen and oxygen atoms in total. The number of hydrogen-bond donors (Lipinski definition) is 0. The van der Waals surface area contributed by atoms with E-state index in [0.29, 0.717) is 5.69 Å². The minimum Gasteiger partial charge on any atom is -0.348 e. The predicted octanol–water partition coefficient (Wildman–Crippen LogP) is 3.14. The van der Waals surface area contributed by atoms with E-state index in [1.54, 1.807) is 18.1 Å². The lowest BCUT2D eigenvalue weighted by molar-refractivity contribution is 0.580. The Morgan fingerprint density at radius 2 is 2.33 bits per heavy atom. The van der Waals surface area contributed by atoms with Crippen LogP contribution in [0.4, 0.5) is 10.1 Å². The molecule has 0 amide bonds. The molecule has 0 aliphatic rings. The maximum atomic E-state index is 13.5. The van der Waals surface area contributed by atoms with Crippen LogP contribution in [-0.2, 0) is 6.42 Å². The number of pyridine rings is 1. The Morgan fingerprint density at radius 3 is 2.93 bits per heavy atom. The van der Waals surface area contributed by atoms with Crippen molar-refractivity contribution in [3.8, 4) is 0 Å². The highest BCUT2D eigenvalue weighted by molar-refractivity contribution is 5.54. The maximum absolute atomic E-state index is 13.5. The molecule has 1 aromatic heterocycles. The van der Waals surface area contributed by atoms with Crippen molar-refractivity contribution in [3.63, 3.8) is 0 Å². The highest BCUT2D eigenvalue weighted by Gasteiger charge is 2.11. The van der Waals surface area contributed by atoms with Crippen LogP contribution in [0.2, 0.25) is 0 Å². The SMILES string of the molecule is C=CN(C)c1c(CCCC)ccnc1F. The molecule has 0 aromatic carbocycles. The molecule has 15 heavy (non-hydrogen) atoms. The van der Waals surface area contributed by atoms with Gasteiger partial charge in [0.1, 0.15) is 0 Å². The van der Waals surface area contributed by atoms with Crippen molar-refractivity contribution in [2.75, 3.05) is 11.9 Å². The first-order valence-corrected chi connectivity index (χ1v) is 5.19. The molecule has 0 aliphatic carbocycles. The second kappa shape index (κ2) is 5.49. The zero-order valence-electron chi connectivity index (χ0n) is 9.33. The van der Waals surface area contributed by atoms with Gasteiger partial charge in [-0.3, -0.25) is 0 Å². The highest BCUT2D eigenvalue weighted by Crippen LogP contribution is 2.23. The van der Waals surface area contributed by atoms with Gasteiger partial charge in [0.15, 0.2) is 0 Å². The lowest BCUT2D eigenvalue weighted by Crippen LogP contribution is -2.13. The van der Waals surface area contributed by atoms with Crippen molar-refractivity contribution in [1.82, 2.24) is 4.98 Å². The smallest absolute Gasteiger partial charge is 0.237 e. The van der Waals surface area contributed by atoms with Gasteiger partial charge in [-0.1, -0.05) is 19.9 Å². The topological polar surface area (TPSA) is 16.1 Å². The van der Waals surface area contributed by atoms with Crippen LogP contribution in [-0.4, -0.2) is 12.0 Å². The molecule has 0 spiro atoms. The van der Waals surface area contributed by atoms with Gasteiger partial charge in [-0.15, -0.1) is 0 Å². The Morgan fingerprint density at radius 1 is 1.60 bits per heavy atom. The minimum absolute atomic E-state index is 0.425. The largest absolute Gasteiger partial charge is 0.348 e. The molecule has 0 saturated carbocycles. The second-order valence-corrected chi connectivity index (χ2v) is 3.51. The molecule has 0 radical (unpaired) electrons. The monoisotopic (exact) mass is 208 g/mol. The number of aryl methyl sites for hydroxylation is 1. The summed E-state index contributed by atoms with van der Waals surface area (Å²) in [6.45, 7) is 5.75. The first kappa shape index (κ1) is 11.7. The number of anilines is 1. The zero-order valence-corrected chi connectivity index (χ0v) is 9.33. The van der Waals surface area contributed by atoms with Gasteiger partial charge in [0.2, 0.25) is 5.95 Å². The van der Waals surface area contributed by atoms with Crippen molar-refractivity contribution in [2.45, 2.75) is 26.2 Å². The maximum Gasteiger partial charge on any atom is 0.237 e. The number of aromatic nitrogens is 1. The zero-order chi connectivity index (χ0) is 11.3. The average Bonchev–Trinajstić information content (AvgIpc) is 2.25. The third kappa shape index (κ3) is 2.78. The third-order valence-corrected chi connectivity index (χ3v) is 2.39. The van der Waals surface area contributed by atoms with E-state index in [1.807, 2.05) is 6.07 Å². The van der Waals surface area contributed by atoms with E-state index in [9.17, 15) is 4.39 Å². The summed E-state index contributed by atoms with van der Waals surface area (Å²) in [5.74, 6) is -0.425. The van der Waals surface area contributed by atoms with Gasteiger partial charge >= 0.3 is 0 Å². The van der Waals surface area contributed by atoms with Gasteiger partial charge in [0.05, 0.1) is 5.69 Å². The summed E-state index contributed by atoms with van der Waals surface area (Å²) in [5, 5.41) is 0. The summed E-state index contributed by atoms with van der Waals surface area (Å²) >= 11 is 0. The summed E-state index contributed by atoms with van der Waals surface area (Å²) in [6.07, 6.45) is 6.14. The highest BCUT2D eigenvalue weighted by atomic mass is 19.1. The van der Waals surface area contributed by atoms with Gasteiger partial charge in [0, 0.05) is 13.2 Å². The number of halogens is 1. The van der Waals surface area contributed by atoms with Crippen molar-refractivity contribution in [2.24, 2.45) is 0 Å². The summed E-state index contributed by atoms with van der Waals surface area (Å²) in [6, 6.07) is 1.87. The van der Waals surface area contributed by atoms with Gasteiger partial charge in [-0.05, 0) is 30.7 Å². The molecule has 1 heterocycles. The number of nitrogens with zero attached hydrogens (tertiary/aromatic N) is 2. The molecule has 0 unspecified atom stereocenters. The van der Waals surface area contributed by atoms with Gasteiger partial charge in [-0.2, -0.15) is 4.39 Å². The van der Waals surface area contributed by atoms with Crippen LogP contribution in [0.25, 0.3) is 0 Å². The van der Waals surface area contributed by atoms with E-state index in [1.165, 1.54) is 6.20 Å². The van der Waals surface area contributed by atoms with Crippen LogP contribution in [0.3, 0.4) is 0 Å². The summed E-state index contributed by atoms with van der Waals surface area (Å²) in [5.41, 5.74) is 1.53. The van der Waals surface area contributed by atoms with E-state index < -0.39 is 5.95 Å². The molecule has 1 rings (SSSR count). The van der Waals surface area contributed by atoms with Gasteiger partial charge < -0.3 is 4.90 Å². The number of unbranched alkanes of at least 4 members (excludes halogenated alkanes) is 1. The Kier molecular flexibility index (Phi) is 4.28.